The molecule has 0 aliphatic rings. The van der Waals surface area contributed by atoms with E-state index < -0.39 is 12.0 Å². The Bertz CT molecular complexity index is 792. The van der Waals surface area contributed by atoms with Crippen molar-refractivity contribution >= 4 is 17.6 Å². The summed E-state index contributed by atoms with van der Waals surface area (Å²) in [6.45, 7) is 6.47. The van der Waals surface area contributed by atoms with Crippen molar-refractivity contribution in [1.82, 2.24) is 5.32 Å². The van der Waals surface area contributed by atoms with Gasteiger partial charge in [-0.25, -0.2) is 0 Å². The third kappa shape index (κ3) is 5.88. The molecule has 5 nitrogen and oxygen atoms in total. The highest BCUT2D eigenvalue weighted by Crippen LogP contribution is 2.34. The van der Waals surface area contributed by atoms with Crippen LogP contribution in [0, 0.1) is 12.8 Å². The zero-order valence-electron chi connectivity index (χ0n) is 16.1. The van der Waals surface area contributed by atoms with Crippen LogP contribution >= 0.6 is 11.6 Å². The summed E-state index contributed by atoms with van der Waals surface area (Å²) in [6, 6.07) is 10.9. The van der Waals surface area contributed by atoms with Crippen molar-refractivity contribution in [3.05, 3.63) is 58.1 Å². The lowest BCUT2D eigenvalue weighted by atomic mass is 10.0. The van der Waals surface area contributed by atoms with Gasteiger partial charge in [-0.1, -0.05) is 55.3 Å². The molecule has 6 heteroatoms. The Kier molecular flexibility index (Phi) is 7.51. The third-order valence-electron chi connectivity index (χ3n) is 4.25. The highest BCUT2D eigenvalue weighted by molar-refractivity contribution is 6.31. The van der Waals surface area contributed by atoms with Crippen LogP contribution in [0.2, 0.25) is 5.02 Å². The predicted octanol–water partition coefficient (Wildman–Crippen LogP) is 4.43. The number of nitrogens with one attached hydrogen (secondary N) is 1. The maximum Gasteiger partial charge on any atom is 0.320 e. The quantitative estimate of drug-likeness (QED) is 0.661. The number of aryl methyl sites for hydroxylation is 1. The molecule has 0 saturated carbocycles. The summed E-state index contributed by atoms with van der Waals surface area (Å²) in [7, 11) is 1.56. The Hall–Kier alpha value is -2.24. The Labute approximate surface area is 165 Å². The molecule has 1 atom stereocenters. The number of methoxy groups -OCH3 is 1. The van der Waals surface area contributed by atoms with Crippen LogP contribution < -0.4 is 14.8 Å². The van der Waals surface area contributed by atoms with E-state index in [1.165, 1.54) is 5.56 Å². The Morgan fingerprint density at radius 3 is 2.56 bits per heavy atom. The summed E-state index contributed by atoms with van der Waals surface area (Å²) in [5.41, 5.74) is 2.98. The first kappa shape index (κ1) is 21.1. The summed E-state index contributed by atoms with van der Waals surface area (Å²) in [5.74, 6) is 0.179. The lowest BCUT2D eigenvalue weighted by molar-refractivity contribution is -0.140. The molecule has 0 fully saturated rings. The molecule has 0 aliphatic carbocycles. The van der Waals surface area contributed by atoms with Crippen LogP contribution in [0.5, 0.6) is 11.5 Å². The van der Waals surface area contributed by atoms with Gasteiger partial charge in [-0.3, -0.25) is 4.79 Å². The normalized spacial score (nSPS) is 12.1. The largest absolute Gasteiger partial charge is 0.493 e. The number of halogens is 1. The summed E-state index contributed by atoms with van der Waals surface area (Å²) in [6.07, 6.45) is 0. The zero-order valence-corrected chi connectivity index (χ0v) is 16.8. The Morgan fingerprint density at radius 2 is 1.96 bits per heavy atom. The van der Waals surface area contributed by atoms with Crippen molar-refractivity contribution in [2.75, 3.05) is 7.11 Å². The fourth-order valence-electron chi connectivity index (χ4n) is 2.78. The first-order valence-corrected chi connectivity index (χ1v) is 9.20. The van der Waals surface area contributed by atoms with Crippen molar-refractivity contribution < 1.29 is 19.4 Å². The predicted molar refractivity (Wildman–Crippen MR) is 107 cm³/mol. The van der Waals surface area contributed by atoms with E-state index in [-0.39, 0.29) is 5.92 Å². The van der Waals surface area contributed by atoms with E-state index in [4.69, 9.17) is 21.1 Å². The molecule has 0 saturated heterocycles. The maximum absolute atomic E-state index is 11.3. The second-order valence-corrected chi connectivity index (χ2v) is 7.22. The second-order valence-electron chi connectivity index (χ2n) is 6.81. The average molecular weight is 392 g/mol. The fourth-order valence-corrected chi connectivity index (χ4v) is 3.00. The van der Waals surface area contributed by atoms with E-state index in [1.54, 1.807) is 19.2 Å². The van der Waals surface area contributed by atoms with Crippen LogP contribution in [-0.4, -0.2) is 24.2 Å². The number of benzene rings is 2. The van der Waals surface area contributed by atoms with E-state index in [0.717, 1.165) is 11.1 Å². The summed E-state index contributed by atoms with van der Waals surface area (Å²) in [5, 5.41) is 12.8. The highest BCUT2D eigenvalue weighted by atomic mass is 35.5. The third-order valence-corrected chi connectivity index (χ3v) is 4.61. The molecule has 146 valence electrons. The van der Waals surface area contributed by atoms with Crippen molar-refractivity contribution in [2.24, 2.45) is 5.92 Å². The van der Waals surface area contributed by atoms with Gasteiger partial charge < -0.3 is 19.9 Å². The van der Waals surface area contributed by atoms with E-state index >= 15 is 0 Å². The molecule has 0 bridgehead atoms. The summed E-state index contributed by atoms with van der Waals surface area (Å²) < 4.78 is 11.3. The van der Waals surface area contributed by atoms with Gasteiger partial charge in [0.2, 0.25) is 0 Å². The van der Waals surface area contributed by atoms with Crippen molar-refractivity contribution in [3.8, 4) is 11.5 Å². The van der Waals surface area contributed by atoms with Gasteiger partial charge in [0.25, 0.3) is 0 Å². The molecular weight excluding hydrogens is 366 g/mol. The Balaban J connectivity index is 2.12. The van der Waals surface area contributed by atoms with E-state index in [0.29, 0.717) is 29.7 Å². The number of hydrogen-bond acceptors (Lipinski definition) is 4. The first-order valence-electron chi connectivity index (χ1n) is 8.82. The fraction of sp³-hybridized carbons (Fsp3) is 0.381. The van der Waals surface area contributed by atoms with E-state index in [2.05, 4.69) is 11.4 Å². The average Bonchev–Trinajstić information content (AvgIpc) is 2.61. The number of carboxylic acids is 1. The van der Waals surface area contributed by atoms with Gasteiger partial charge in [0.1, 0.15) is 12.6 Å². The van der Waals surface area contributed by atoms with Crippen LogP contribution in [0.3, 0.4) is 0 Å². The zero-order chi connectivity index (χ0) is 20.0. The first-order chi connectivity index (χ1) is 12.8. The van der Waals surface area contributed by atoms with E-state index in [9.17, 15) is 9.90 Å². The van der Waals surface area contributed by atoms with E-state index in [1.807, 2.05) is 39.0 Å². The van der Waals surface area contributed by atoms with Crippen LogP contribution in [0.1, 0.15) is 30.5 Å². The standard InChI is InChI=1S/C21H26ClNO4/c1-13(2)20(21(24)25)23-11-16-9-18(26-4)19(10-17(16)22)27-12-15-7-5-6-14(3)8-15/h5-10,13,20,23H,11-12H2,1-4H3,(H,24,25). The van der Waals surface area contributed by atoms with Crippen molar-refractivity contribution in [3.63, 3.8) is 0 Å². The summed E-state index contributed by atoms with van der Waals surface area (Å²) in [4.78, 5) is 11.3. The molecule has 0 heterocycles. The lowest BCUT2D eigenvalue weighted by Crippen LogP contribution is -2.40. The minimum atomic E-state index is -0.883. The van der Waals surface area contributed by atoms with Crippen LogP contribution in [-0.2, 0) is 17.9 Å². The second kappa shape index (κ2) is 9.62. The molecule has 0 radical (unpaired) electrons. The number of carboxylic acid groups (broad SMARTS) is 1. The molecule has 0 aliphatic heterocycles. The van der Waals surface area contributed by atoms with Gasteiger partial charge in [0, 0.05) is 17.6 Å². The highest BCUT2D eigenvalue weighted by Gasteiger charge is 2.21. The topological polar surface area (TPSA) is 67.8 Å². The maximum atomic E-state index is 11.3. The van der Waals surface area contributed by atoms with Gasteiger partial charge >= 0.3 is 5.97 Å². The summed E-state index contributed by atoms with van der Waals surface area (Å²) >= 11 is 6.38. The molecule has 2 aromatic carbocycles. The number of ether oxygens (including phenoxy) is 2. The van der Waals surface area contributed by atoms with Gasteiger partial charge in [-0.2, -0.15) is 0 Å². The molecule has 2 aromatic rings. The lowest BCUT2D eigenvalue weighted by Gasteiger charge is -2.19. The smallest absolute Gasteiger partial charge is 0.320 e. The molecule has 1 unspecified atom stereocenters. The minimum absolute atomic E-state index is 0.0416. The molecule has 0 spiro atoms. The molecule has 2 N–H and O–H groups in total. The SMILES string of the molecule is COc1cc(CNC(C(=O)O)C(C)C)c(Cl)cc1OCc1cccc(C)c1. The van der Waals surface area contributed by atoms with Gasteiger partial charge in [0.05, 0.1) is 7.11 Å². The van der Waals surface area contributed by atoms with Crippen LogP contribution in [0.4, 0.5) is 0 Å². The minimum Gasteiger partial charge on any atom is -0.493 e. The molecule has 0 aromatic heterocycles. The number of aliphatic carboxylic acids is 1. The number of hydrogen-bond donors (Lipinski definition) is 2. The van der Waals surface area contributed by atoms with Crippen molar-refractivity contribution in [2.45, 2.75) is 40.0 Å². The van der Waals surface area contributed by atoms with Crippen LogP contribution in [0.25, 0.3) is 0 Å². The molecule has 2 rings (SSSR count). The molecule has 27 heavy (non-hydrogen) atoms. The van der Waals surface area contributed by atoms with Gasteiger partial charge in [-0.05, 0) is 30.0 Å². The van der Waals surface area contributed by atoms with Crippen LogP contribution in [0.15, 0.2) is 36.4 Å². The monoisotopic (exact) mass is 391 g/mol. The van der Waals surface area contributed by atoms with Gasteiger partial charge in [-0.15, -0.1) is 0 Å². The number of rotatable bonds is 9. The number of carbonyl (C=O) groups is 1. The molecular formula is C21H26ClNO4. The molecule has 0 amide bonds. The Morgan fingerprint density at radius 1 is 1.22 bits per heavy atom. The van der Waals surface area contributed by atoms with Crippen molar-refractivity contribution in [1.29, 1.82) is 0 Å². The van der Waals surface area contributed by atoms with Gasteiger partial charge in [0.15, 0.2) is 11.5 Å².